The second-order valence-corrected chi connectivity index (χ2v) is 5.73. The Labute approximate surface area is 145 Å². The van der Waals surface area contributed by atoms with E-state index in [4.69, 9.17) is 15.6 Å². The van der Waals surface area contributed by atoms with Crippen LogP contribution >= 0.6 is 34.2 Å². The van der Waals surface area contributed by atoms with E-state index in [0.717, 1.165) is 3.57 Å². The van der Waals surface area contributed by atoms with Crippen molar-refractivity contribution in [3.63, 3.8) is 0 Å². The number of aromatic nitrogens is 3. The van der Waals surface area contributed by atoms with Crippen LogP contribution in [0, 0.1) is 3.57 Å². The predicted molar refractivity (Wildman–Crippen MR) is 89.4 cm³/mol. The molecule has 10 heteroatoms. The van der Waals surface area contributed by atoms with Gasteiger partial charge in [0, 0.05) is 16.1 Å². The Morgan fingerprint density at radius 2 is 2.05 bits per heavy atom. The quantitative estimate of drug-likeness (QED) is 0.383. The normalized spacial score (nSPS) is 27.7. The van der Waals surface area contributed by atoms with E-state index in [1.165, 1.54) is 12.7 Å². The van der Waals surface area contributed by atoms with Gasteiger partial charge in [-0.25, -0.2) is 9.97 Å². The highest BCUT2D eigenvalue weighted by atomic mass is 127. The molecule has 0 spiro atoms. The summed E-state index contributed by atoms with van der Waals surface area (Å²) in [7, 11) is 0. The van der Waals surface area contributed by atoms with Crippen LogP contribution in [0.5, 0.6) is 0 Å². The van der Waals surface area contributed by atoms with Gasteiger partial charge >= 0.3 is 0 Å². The monoisotopic (exact) mass is 442 g/mol. The molecule has 0 bridgehead atoms. The molecule has 8 nitrogen and oxygen atoms in total. The van der Waals surface area contributed by atoms with Gasteiger partial charge in [0.25, 0.3) is 0 Å². The standard InChI is InChI=1S/C11H13IN4O4.CH3Cl/c12-4-1-16(10-6(4)9(13)14-3-15-10)11-8(19)7(18)5(2-17)20-11;1-2/h1,3,5,7-8,11,17-19H,2H2,(H2,13,14,15);1H3/t5-,7-,8-,11-;/m1./s1. The number of aliphatic hydroxyl groups excluding tert-OH is 3. The van der Waals surface area contributed by atoms with Gasteiger partial charge < -0.3 is 30.4 Å². The van der Waals surface area contributed by atoms with Crippen LogP contribution in [-0.2, 0) is 4.74 Å². The van der Waals surface area contributed by atoms with Gasteiger partial charge in [-0.2, -0.15) is 0 Å². The zero-order valence-electron chi connectivity index (χ0n) is 11.6. The molecule has 22 heavy (non-hydrogen) atoms. The van der Waals surface area contributed by atoms with Crippen LogP contribution in [0.15, 0.2) is 12.5 Å². The first-order chi connectivity index (χ1) is 10.5. The number of nitrogens with zero attached hydrogens (tertiary/aromatic N) is 3. The third-order valence-corrected chi connectivity index (χ3v) is 4.20. The number of halogens is 2. The summed E-state index contributed by atoms with van der Waals surface area (Å²) in [4.78, 5) is 8.08. The lowest BCUT2D eigenvalue weighted by Crippen LogP contribution is -2.33. The van der Waals surface area contributed by atoms with Gasteiger partial charge in [0.15, 0.2) is 6.23 Å². The van der Waals surface area contributed by atoms with E-state index in [0.29, 0.717) is 16.9 Å². The zero-order valence-corrected chi connectivity index (χ0v) is 14.5. The van der Waals surface area contributed by atoms with Crippen molar-refractivity contribution in [2.24, 2.45) is 0 Å². The van der Waals surface area contributed by atoms with Crippen molar-refractivity contribution in [1.29, 1.82) is 0 Å². The molecule has 0 aromatic carbocycles. The number of nitrogens with two attached hydrogens (primary N) is 1. The van der Waals surface area contributed by atoms with E-state index in [9.17, 15) is 10.2 Å². The van der Waals surface area contributed by atoms with Gasteiger partial charge in [-0.15, -0.1) is 11.6 Å². The number of nitrogen functional groups attached to an aromatic ring is 1. The van der Waals surface area contributed by atoms with E-state index < -0.39 is 24.5 Å². The molecule has 0 aliphatic carbocycles. The molecule has 1 aliphatic rings. The van der Waals surface area contributed by atoms with Crippen molar-refractivity contribution < 1.29 is 20.1 Å². The first-order valence-electron chi connectivity index (χ1n) is 6.31. The largest absolute Gasteiger partial charge is 0.394 e. The number of aliphatic hydroxyl groups is 3. The summed E-state index contributed by atoms with van der Waals surface area (Å²) in [5.41, 5.74) is 6.33. The average molecular weight is 443 g/mol. The molecule has 1 saturated heterocycles. The van der Waals surface area contributed by atoms with Gasteiger partial charge in [-0.05, 0) is 22.6 Å². The third kappa shape index (κ3) is 2.88. The Bertz CT molecular complexity index is 655. The molecule has 122 valence electrons. The van der Waals surface area contributed by atoms with Gasteiger partial charge in [0.05, 0.1) is 12.0 Å². The van der Waals surface area contributed by atoms with Crippen molar-refractivity contribution in [2.75, 3.05) is 18.7 Å². The Balaban J connectivity index is 0.000000847. The highest BCUT2D eigenvalue weighted by molar-refractivity contribution is 14.1. The van der Waals surface area contributed by atoms with Crippen LogP contribution in [-0.4, -0.2) is 61.2 Å². The van der Waals surface area contributed by atoms with E-state index in [1.54, 1.807) is 10.8 Å². The first kappa shape index (κ1) is 17.6. The van der Waals surface area contributed by atoms with Gasteiger partial charge in [-0.1, -0.05) is 0 Å². The number of alkyl halides is 1. The summed E-state index contributed by atoms with van der Waals surface area (Å²) in [5.74, 6) is 0.338. The van der Waals surface area contributed by atoms with Gasteiger partial charge in [0.2, 0.25) is 0 Å². The first-order valence-corrected chi connectivity index (χ1v) is 8.14. The molecule has 3 rings (SSSR count). The number of hydrogen-bond donors (Lipinski definition) is 4. The maximum Gasteiger partial charge on any atom is 0.164 e. The Morgan fingerprint density at radius 1 is 1.36 bits per heavy atom. The zero-order chi connectivity index (χ0) is 16.4. The molecule has 0 radical (unpaired) electrons. The summed E-state index contributed by atoms with van der Waals surface area (Å²) >= 11 is 6.73. The van der Waals surface area contributed by atoms with E-state index in [1.807, 2.05) is 0 Å². The molecular formula is C12H16ClIN4O4. The Kier molecular flexibility index (Phi) is 5.80. The second-order valence-electron chi connectivity index (χ2n) is 4.57. The van der Waals surface area contributed by atoms with Crippen LogP contribution < -0.4 is 5.73 Å². The maximum absolute atomic E-state index is 10.1. The number of ether oxygens (including phenoxy) is 1. The van der Waals surface area contributed by atoms with Crippen molar-refractivity contribution in [2.45, 2.75) is 24.5 Å². The summed E-state index contributed by atoms with van der Waals surface area (Å²) in [6.07, 6.45) is 0.545. The Hall–Kier alpha value is -0.720. The minimum atomic E-state index is -1.16. The summed E-state index contributed by atoms with van der Waals surface area (Å²) in [5, 5.41) is 29.7. The maximum atomic E-state index is 10.1. The molecular weight excluding hydrogens is 427 g/mol. The molecule has 0 amide bonds. The fourth-order valence-corrected chi connectivity index (χ4v) is 3.18. The van der Waals surface area contributed by atoms with Crippen LogP contribution in [0.2, 0.25) is 0 Å². The topological polar surface area (TPSA) is 127 Å². The highest BCUT2D eigenvalue weighted by Crippen LogP contribution is 2.34. The number of hydrogen-bond acceptors (Lipinski definition) is 7. The highest BCUT2D eigenvalue weighted by Gasteiger charge is 2.44. The van der Waals surface area contributed by atoms with Gasteiger partial charge in [0.1, 0.15) is 36.1 Å². The number of fused-ring (bicyclic) bond motifs is 1. The van der Waals surface area contributed by atoms with Crippen molar-refractivity contribution in [3.05, 3.63) is 16.1 Å². The smallest absolute Gasteiger partial charge is 0.164 e. The van der Waals surface area contributed by atoms with Crippen LogP contribution in [0.3, 0.4) is 0 Å². The minimum Gasteiger partial charge on any atom is -0.394 e. The van der Waals surface area contributed by atoms with Crippen LogP contribution in [0.4, 0.5) is 5.82 Å². The third-order valence-electron chi connectivity index (χ3n) is 3.38. The van der Waals surface area contributed by atoms with E-state index in [2.05, 4.69) is 44.2 Å². The molecule has 1 aliphatic heterocycles. The molecule has 0 saturated carbocycles. The van der Waals surface area contributed by atoms with Crippen molar-refractivity contribution in [3.8, 4) is 0 Å². The lowest BCUT2D eigenvalue weighted by atomic mass is 10.1. The van der Waals surface area contributed by atoms with E-state index >= 15 is 0 Å². The molecule has 1 fully saturated rings. The molecule has 0 unspecified atom stereocenters. The lowest BCUT2D eigenvalue weighted by molar-refractivity contribution is -0.0509. The van der Waals surface area contributed by atoms with Crippen LogP contribution in [0.25, 0.3) is 11.0 Å². The van der Waals surface area contributed by atoms with Gasteiger partial charge in [-0.3, -0.25) is 0 Å². The van der Waals surface area contributed by atoms with E-state index in [-0.39, 0.29) is 6.61 Å². The fourth-order valence-electron chi connectivity index (χ4n) is 2.37. The average Bonchev–Trinajstić information content (AvgIpc) is 3.01. The second kappa shape index (κ2) is 7.23. The molecule has 2 aromatic rings. The summed E-state index contributed by atoms with van der Waals surface area (Å²) in [6, 6.07) is 0. The van der Waals surface area contributed by atoms with Crippen molar-refractivity contribution >= 4 is 51.0 Å². The SMILES string of the molecule is CCl.Nc1ncnc2c1c(I)cn2[C@@H]1O[C@H](CO)[C@@H](O)[C@H]1O. The predicted octanol–water partition coefficient (Wildman–Crippen LogP) is 0.0846. The minimum absolute atomic E-state index is 0.338. The summed E-state index contributed by atoms with van der Waals surface area (Å²) in [6.45, 7) is -0.373. The fraction of sp³-hybridized carbons (Fsp3) is 0.500. The molecule has 3 heterocycles. The number of rotatable bonds is 2. The number of anilines is 1. The lowest BCUT2D eigenvalue weighted by Gasteiger charge is -2.17. The van der Waals surface area contributed by atoms with Crippen LogP contribution in [0.1, 0.15) is 6.23 Å². The molecule has 5 N–H and O–H groups in total. The molecule has 2 aromatic heterocycles. The molecule has 4 atom stereocenters. The summed E-state index contributed by atoms with van der Waals surface area (Å²) < 4.78 is 7.90. The van der Waals surface area contributed by atoms with Crippen molar-refractivity contribution in [1.82, 2.24) is 14.5 Å². The Morgan fingerprint density at radius 3 is 2.64 bits per heavy atom.